The minimum absolute atomic E-state index is 0. The third-order valence-electron chi connectivity index (χ3n) is 8.66. The number of methoxy groups -OCH3 is 8. The summed E-state index contributed by atoms with van der Waals surface area (Å²) in [6, 6.07) is 19.7. The number of hydrogen-bond donors (Lipinski definition) is 0. The van der Waals surface area contributed by atoms with Gasteiger partial charge in [0.25, 0.3) is 0 Å². The maximum atomic E-state index is 11.9. The van der Waals surface area contributed by atoms with Crippen molar-refractivity contribution in [3.63, 3.8) is 0 Å². The van der Waals surface area contributed by atoms with E-state index < -0.39 is 58.7 Å². The smallest absolute Gasteiger partial charge is 1.00 e. The molecule has 0 saturated heterocycles. The molecule has 4 aromatic carbocycles. The Balaban J connectivity index is -0.000000107. The molecule has 4 rings (SSSR count). The van der Waals surface area contributed by atoms with Gasteiger partial charge in [-0.3, -0.25) is 14.4 Å². The topological polar surface area (TPSA) is 415 Å². The van der Waals surface area contributed by atoms with Crippen LogP contribution in [0.3, 0.4) is 0 Å². The first-order valence-electron chi connectivity index (χ1n) is 23.7. The summed E-state index contributed by atoms with van der Waals surface area (Å²) >= 11 is 0. The molecule has 6 N–H and O–H groups in total. The van der Waals surface area contributed by atoms with Gasteiger partial charge in [-0.15, -0.1) is 0 Å². The molecule has 0 aliphatic rings. The molecule has 0 bridgehead atoms. The Morgan fingerprint density at radius 1 is 0.443 bits per heavy atom. The molecule has 0 atom stereocenters. The Morgan fingerprint density at radius 3 is 1.10 bits per heavy atom. The van der Waals surface area contributed by atoms with Gasteiger partial charge in [-0.05, 0) is 131 Å². The van der Waals surface area contributed by atoms with Gasteiger partial charge < -0.3 is 127 Å². The van der Waals surface area contributed by atoms with Crippen LogP contribution in [-0.4, -0.2) is 138 Å². The van der Waals surface area contributed by atoms with Gasteiger partial charge in [-0.1, -0.05) is 12.6 Å². The van der Waals surface area contributed by atoms with Crippen LogP contribution in [0.15, 0.2) is 72.8 Å². The van der Waals surface area contributed by atoms with E-state index in [-0.39, 0.29) is 269 Å². The molecule has 0 unspecified atom stereocenters. The van der Waals surface area contributed by atoms with Crippen LogP contribution in [0, 0.1) is 0 Å². The summed E-state index contributed by atoms with van der Waals surface area (Å²) in [6.07, 6.45) is -2.88. The van der Waals surface area contributed by atoms with Gasteiger partial charge in [0, 0.05) is 35.4 Å². The van der Waals surface area contributed by atoms with Crippen molar-refractivity contribution in [1.82, 2.24) is 0 Å². The maximum Gasteiger partial charge on any atom is 1.00 e. The third-order valence-corrected chi connectivity index (χ3v) is 8.66. The van der Waals surface area contributed by atoms with Crippen LogP contribution in [0.1, 0.15) is 120 Å². The average molecular weight is 1410 g/mol. The molecule has 0 saturated carbocycles. The fourth-order valence-electron chi connectivity index (χ4n) is 5.34. The van der Waals surface area contributed by atoms with E-state index in [0.717, 1.165) is 11.8 Å². The molecule has 0 fully saturated rings. The summed E-state index contributed by atoms with van der Waals surface area (Å²) < 4.78 is 64.1. The summed E-state index contributed by atoms with van der Waals surface area (Å²) in [5.74, 6) is 2.82. The van der Waals surface area contributed by atoms with Crippen molar-refractivity contribution in [3.8, 4) is 46.0 Å². The largest absolute Gasteiger partial charge is 1.00 e. The Bertz CT molecular complexity index is 2620. The number of hydrogen-bond acceptors (Lipinski definition) is 23. The standard InChI is InChI=1S/C14H19NO5.C14H21NO4.C10H18O5.C9H11NO3.C9H10O3.BrH.4K.H2N.3H2O/c1-14(2,3)20-13(17)15-12(16)10-7-6-9(18-4)8-11(10)19-5;1-14(2,3)19-13(16)15-9-10-6-7-11(17-4)8-12(10)18-5;1-9(2,3)14-7(11)13-8(12)15-10(4,5)6;1-12-6-3-4-7(9(10)11)8(5-6)13-2;1-11-8-4-3-7(6-10)9(5-8)12-2;;;;;;;;;/h6-8H,1-5H3,(H,15,16,17);6-8H,9H2,1-5H3,(H,15,16);1-6H3;3-5H,1-2H3,(H2,10,11);3-6H,1-2H3;1H;;;;;4*1H2/q;;;;;;4*+1;-1;;;/p-7. The number of halogens is 1. The first-order chi connectivity index (χ1) is 36.6. The van der Waals surface area contributed by atoms with Crippen LogP contribution in [0.25, 0.3) is 22.5 Å². The first-order valence-corrected chi connectivity index (χ1v) is 23.7. The van der Waals surface area contributed by atoms with Gasteiger partial charge >= 0.3 is 218 Å². The third kappa shape index (κ3) is 48.9. The number of nitrogens with two attached hydrogens (primary N) is 1. The van der Waals surface area contributed by atoms with Gasteiger partial charge in [0.1, 0.15) is 68.4 Å². The number of rotatable bonds is 13. The molecule has 88 heavy (non-hydrogen) atoms. The van der Waals surface area contributed by atoms with Crippen molar-refractivity contribution in [2.45, 2.75) is 112 Å². The summed E-state index contributed by atoms with van der Waals surface area (Å²) in [5.41, 5.74) is 6.03. The molecular formula is C56H81BrK4N4O23-4. The molecule has 0 aliphatic carbocycles. The Kier molecular flexibility index (Phi) is 66.9. The molecule has 4 aromatic rings. The Labute approximate surface area is 697 Å². The predicted molar refractivity (Wildman–Crippen MR) is 304 cm³/mol. The van der Waals surface area contributed by atoms with E-state index >= 15 is 0 Å². The van der Waals surface area contributed by atoms with Gasteiger partial charge in [-0.25, -0.2) is 9.59 Å². The monoisotopic (exact) mass is 1410 g/mol. The van der Waals surface area contributed by atoms with Gasteiger partial charge in [0.15, 0.2) is 6.29 Å². The van der Waals surface area contributed by atoms with Crippen LogP contribution in [0.5, 0.6) is 46.0 Å². The fraction of sp³-hybridized carbons (Fsp3) is 0.446. The van der Waals surface area contributed by atoms with Crippen LogP contribution in [-0.2, 0) is 30.2 Å². The number of aldehydes is 1. The normalized spacial score (nSPS) is 9.41. The summed E-state index contributed by atoms with van der Waals surface area (Å²) in [4.78, 5) is 78.2. The Morgan fingerprint density at radius 2 is 0.761 bits per heavy atom. The zero-order valence-corrected chi connectivity index (χ0v) is 69.1. The van der Waals surface area contributed by atoms with Crippen molar-refractivity contribution >= 4 is 42.6 Å². The van der Waals surface area contributed by atoms with E-state index in [0.29, 0.717) is 45.8 Å². The minimum Gasteiger partial charge on any atom is -1.00 e. The van der Waals surface area contributed by atoms with Crippen molar-refractivity contribution in [3.05, 3.63) is 118 Å². The van der Waals surface area contributed by atoms with E-state index in [1.165, 1.54) is 53.7 Å². The number of nitrogens with zero attached hydrogens (tertiary/aromatic N) is 2. The number of carbonyl (C=O) groups excluding carboxylic acids is 7. The number of nitrogens with one attached hydrogen (secondary N) is 1. The van der Waals surface area contributed by atoms with E-state index in [4.69, 9.17) is 62.6 Å². The van der Waals surface area contributed by atoms with Crippen molar-refractivity contribution < 1.29 is 334 Å². The summed E-state index contributed by atoms with van der Waals surface area (Å²) in [5, 5.41) is 7.24. The number of benzene rings is 4. The van der Waals surface area contributed by atoms with Crippen LogP contribution < -0.4 is 260 Å². The maximum absolute atomic E-state index is 11.9. The zero-order chi connectivity index (χ0) is 60.9. The predicted octanol–water partition coefficient (Wildman–Crippen LogP) is -1.84. The molecular weight excluding hydrogens is 1330 g/mol. The van der Waals surface area contributed by atoms with Gasteiger partial charge in [0.2, 0.25) is 12.2 Å². The molecule has 0 spiro atoms. The number of imide groups is 1. The molecule has 27 nitrogen and oxygen atoms in total. The molecule has 0 radical (unpaired) electrons. The summed E-state index contributed by atoms with van der Waals surface area (Å²) in [6.45, 7) is 20.7. The fourth-order valence-corrected chi connectivity index (χ4v) is 5.34. The Hall–Kier alpha value is -1.76. The quantitative estimate of drug-likeness (QED) is 0.0466. The SMILES string of the molecule is CC(C)(C)OC(=O)OC(=O)OC(C)(C)C.COc1ccc(C(=O)[N-]C(=O)OC(C)(C)C)c(OC)c1.COc1ccc(C([NH-])=O)c(OC)c1.COc1ccc(C=O)c(OC)c1.COc1ccc(C[N-]C(=O)OC(C)(C)C)c(OC)c1.[Br-].[K+].[K+].[K+].[K+].[NH2-].[OH-].[OH-].[OH-]. The van der Waals surface area contributed by atoms with Crippen LogP contribution in [0.4, 0.5) is 19.2 Å². The van der Waals surface area contributed by atoms with Gasteiger partial charge in [-0.2, -0.15) is 0 Å². The van der Waals surface area contributed by atoms with E-state index in [9.17, 15) is 33.6 Å². The second-order valence-electron chi connectivity index (χ2n) is 19.6. The van der Waals surface area contributed by atoms with Crippen molar-refractivity contribution in [2.24, 2.45) is 0 Å². The molecule has 32 heteroatoms. The van der Waals surface area contributed by atoms with Crippen molar-refractivity contribution in [2.75, 3.05) is 56.9 Å². The van der Waals surface area contributed by atoms with Crippen LogP contribution >= 0.6 is 0 Å². The molecule has 0 aliphatic heterocycles. The minimum atomic E-state index is -1.06. The average Bonchev–Trinajstić information content (AvgIpc) is 3.35. The first kappa shape index (κ1) is 108. The van der Waals surface area contributed by atoms with E-state index in [2.05, 4.69) is 15.4 Å². The second-order valence-corrected chi connectivity index (χ2v) is 19.6. The molecule has 0 heterocycles. The number of ether oxygens (including phenoxy) is 13. The second kappa shape index (κ2) is 54.6. The van der Waals surface area contributed by atoms with Gasteiger partial charge in [0.05, 0.1) is 74.3 Å². The van der Waals surface area contributed by atoms with E-state index in [1.807, 2.05) is 6.07 Å². The molecule has 4 amide bonds. The van der Waals surface area contributed by atoms with Crippen molar-refractivity contribution in [1.29, 1.82) is 0 Å². The number of carbonyl (C=O) groups is 7. The number of amides is 4. The summed E-state index contributed by atoms with van der Waals surface area (Å²) in [7, 11) is 12.1. The molecule has 478 valence electrons. The zero-order valence-electron chi connectivity index (χ0n) is 55.1. The molecule has 0 aromatic heterocycles. The van der Waals surface area contributed by atoms with Crippen LogP contribution in [0.2, 0.25) is 0 Å². The van der Waals surface area contributed by atoms with E-state index in [1.54, 1.807) is 153 Å².